The van der Waals surface area contributed by atoms with Gasteiger partial charge in [-0.1, -0.05) is 20.8 Å². The SMILES string of the molecule is CCN(CC(C)(C)O)C(=O)CC(N)CC(C)(C)C. The lowest BCUT2D eigenvalue weighted by molar-refractivity contribution is -0.134. The maximum absolute atomic E-state index is 12.1. The molecule has 0 rings (SSSR count). The summed E-state index contributed by atoms with van der Waals surface area (Å²) in [6, 6.07) is -0.117. The second-order valence-electron chi connectivity index (χ2n) is 6.95. The van der Waals surface area contributed by atoms with Gasteiger partial charge < -0.3 is 15.7 Å². The molecule has 0 fully saturated rings. The summed E-state index contributed by atoms with van der Waals surface area (Å²) in [5, 5.41) is 9.76. The van der Waals surface area contributed by atoms with Crippen molar-refractivity contribution in [3.05, 3.63) is 0 Å². The van der Waals surface area contributed by atoms with Crippen LogP contribution in [0.1, 0.15) is 54.4 Å². The summed E-state index contributed by atoms with van der Waals surface area (Å²) in [4.78, 5) is 13.8. The Balaban J connectivity index is 4.36. The number of amides is 1. The van der Waals surface area contributed by atoms with Crippen LogP contribution in [-0.4, -0.2) is 40.6 Å². The fourth-order valence-electron chi connectivity index (χ4n) is 2.06. The molecule has 0 heterocycles. The molecule has 1 amide bonds. The molecule has 0 aromatic heterocycles. The zero-order valence-electron chi connectivity index (χ0n) is 12.8. The van der Waals surface area contributed by atoms with Crippen LogP contribution in [-0.2, 0) is 4.79 Å². The third-order valence-corrected chi connectivity index (χ3v) is 2.62. The quantitative estimate of drug-likeness (QED) is 0.763. The van der Waals surface area contributed by atoms with Gasteiger partial charge >= 0.3 is 0 Å². The second-order valence-corrected chi connectivity index (χ2v) is 6.95. The Labute approximate surface area is 112 Å². The minimum Gasteiger partial charge on any atom is -0.389 e. The van der Waals surface area contributed by atoms with E-state index >= 15 is 0 Å². The van der Waals surface area contributed by atoms with Crippen molar-refractivity contribution in [2.24, 2.45) is 11.1 Å². The van der Waals surface area contributed by atoms with Crippen LogP contribution in [0.4, 0.5) is 0 Å². The minimum absolute atomic E-state index is 0.0244. The summed E-state index contributed by atoms with van der Waals surface area (Å²) in [5.41, 5.74) is 5.28. The highest BCUT2D eigenvalue weighted by atomic mass is 16.3. The molecule has 0 saturated heterocycles. The summed E-state index contributed by atoms with van der Waals surface area (Å²) < 4.78 is 0. The van der Waals surface area contributed by atoms with E-state index < -0.39 is 5.60 Å². The van der Waals surface area contributed by atoms with E-state index in [1.807, 2.05) is 6.92 Å². The van der Waals surface area contributed by atoms with Crippen LogP contribution in [0.3, 0.4) is 0 Å². The predicted octanol–water partition coefficient (Wildman–Crippen LogP) is 1.76. The van der Waals surface area contributed by atoms with Gasteiger partial charge in [0.05, 0.1) is 5.60 Å². The zero-order chi connectivity index (χ0) is 14.6. The highest BCUT2D eigenvalue weighted by molar-refractivity contribution is 5.76. The standard InChI is InChI=1S/C14H30N2O2/c1-7-16(10-14(5,6)18)12(17)8-11(15)9-13(2,3)4/h11,18H,7-10,15H2,1-6H3. The van der Waals surface area contributed by atoms with E-state index in [2.05, 4.69) is 20.8 Å². The molecule has 0 radical (unpaired) electrons. The van der Waals surface area contributed by atoms with E-state index in [1.165, 1.54) is 0 Å². The van der Waals surface area contributed by atoms with Gasteiger partial charge in [-0.3, -0.25) is 4.79 Å². The first-order chi connectivity index (χ1) is 7.94. The van der Waals surface area contributed by atoms with Gasteiger partial charge in [0, 0.05) is 25.6 Å². The number of nitrogens with two attached hydrogens (primary N) is 1. The number of likely N-dealkylation sites (N-methyl/N-ethyl adjacent to an activating group) is 1. The van der Waals surface area contributed by atoms with Crippen molar-refractivity contribution in [3.8, 4) is 0 Å². The Bertz CT molecular complexity index is 264. The van der Waals surface area contributed by atoms with Crippen molar-refractivity contribution in [1.29, 1.82) is 0 Å². The lowest BCUT2D eigenvalue weighted by Gasteiger charge is -2.30. The monoisotopic (exact) mass is 258 g/mol. The summed E-state index contributed by atoms with van der Waals surface area (Å²) in [7, 11) is 0. The number of hydrogen-bond acceptors (Lipinski definition) is 3. The maximum atomic E-state index is 12.1. The van der Waals surface area contributed by atoms with E-state index in [9.17, 15) is 9.90 Å². The molecule has 0 spiro atoms. The van der Waals surface area contributed by atoms with Gasteiger partial charge in [0.25, 0.3) is 0 Å². The third kappa shape index (κ3) is 8.48. The smallest absolute Gasteiger partial charge is 0.224 e. The highest BCUT2D eigenvalue weighted by Crippen LogP contribution is 2.21. The fraction of sp³-hybridized carbons (Fsp3) is 0.929. The zero-order valence-corrected chi connectivity index (χ0v) is 12.8. The Hall–Kier alpha value is -0.610. The average Bonchev–Trinajstić information content (AvgIpc) is 2.08. The molecule has 0 aromatic carbocycles. The molecule has 108 valence electrons. The molecule has 18 heavy (non-hydrogen) atoms. The molecule has 1 unspecified atom stereocenters. The number of carbonyl (C=O) groups excluding carboxylic acids is 1. The van der Waals surface area contributed by atoms with Crippen molar-refractivity contribution >= 4 is 5.91 Å². The summed E-state index contributed by atoms with van der Waals surface area (Å²) in [6.07, 6.45) is 1.17. The van der Waals surface area contributed by atoms with Gasteiger partial charge in [0.1, 0.15) is 0 Å². The van der Waals surface area contributed by atoms with Crippen LogP contribution in [0.2, 0.25) is 0 Å². The normalized spacial score (nSPS) is 14.4. The first kappa shape index (κ1) is 17.4. The van der Waals surface area contributed by atoms with Gasteiger partial charge in [-0.15, -0.1) is 0 Å². The Morgan fingerprint density at radius 3 is 2.11 bits per heavy atom. The Morgan fingerprint density at radius 2 is 1.78 bits per heavy atom. The first-order valence-electron chi connectivity index (χ1n) is 6.70. The fourth-order valence-corrected chi connectivity index (χ4v) is 2.06. The largest absolute Gasteiger partial charge is 0.389 e. The molecule has 0 aliphatic carbocycles. The van der Waals surface area contributed by atoms with Gasteiger partial charge in [-0.25, -0.2) is 0 Å². The van der Waals surface area contributed by atoms with E-state index in [0.29, 0.717) is 19.5 Å². The molecule has 4 heteroatoms. The predicted molar refractivity (Wildman–Crippen MR) is 75.2 cm³/mol. The summed E-state index contributed by atoms with van der Waals surface area (Å²) in [6.45, 7) is 12.6. The van der Waals surface area contributed by atoms with E-state index in [1.54, 1.807) is 18.7 Å². The average molecular weight is 258 g/mol. The molecule has 0 aliphatic heterocycles. The summed E-state index contributed by atoms with van der Waals surface area (Å²) >= 11 is 0. The molecular weight excluding hydrogens is 228 g/mol. The van der Waals surface area contributed by atoms with Crippen LogP contribution < -0.4 is 5.73 Å². The molecule has 0 aliphatic rings. The van der Waals surface area contributed by atoms with Gasteiger partial charge in [-0.2, -0.15) is 0 Å². The maximum Gasteiger partial charge on any atom is 0.224 e. The van der Waals surface area contributed by atoms with Gasteiger partial charge in [0.15, 0.2) is 0 Å². The van der Waals surface area contributed by atoms with Crippen LogP contribution in [0.25, 0.3) is 0 Å². The van der Waals surface area contributed by atoms with E-state index in [0.717, 1.165) is 6.42 Å². The second kappa shape index (κ2) is 6.53. The number of nitrogens with zero attached hydrogens (tertiary/aromatic N) is 1. The van der Waals surface area contributed by atoms with E-state index in [4.69, 9.17) is 5.73 Å². The Morgan fingerprint density at radius 1 is 1.28 bits per heavy atom. The highest BCUT2D eigenvalue weighted by Gasteiger charge is 2.24. The first-order valence-corrected chi connectivity index (χ1v) is 6.70. The molecule has 3 N–H and O–H groups in total. The van der Waals surface area contributed by atoms with Gasteiger partial charge in [-0.05, 0) is 32.6 Å². The number of carbonyl (C=O) groups is 1. The minimum atomic E-state index is -0.861. The van der Waals surface area contributed by atoms with Crippen LogP contribution in [0.5, 0.6) is 0 Å². The molecule has 0 bridgehead atoms. The topological polar surface area (TPSA) is 66.6 Å². The summed E-state index contributed by atoms with van der Waals surface area (Å²) in [5.74, 6) is 0.0244. The van der Waals surface area contributed by atoms with Crippen molar-refractivity contribution in [3.63, 3.8) is 0 Å². The van der Waals surface area contributed by atoms with Crippen molar-refractivity contribution in [1.82, 2.24) is 4.90 Å². The van der Waals surface area contributed by atoms with Gasteiger partial charge in [0.2, 0.25) is 5.91 Å². The molecule has 1 atom stereocenters. The number of aliphatic hydroxyl groups is 1. The lowest BCUT2D eigenvalue weighted by atomic mass is 9.87. The van der Waals surface area contributed by atoms with Crippen molar-refractivity contribution in [2.75, 3.05) is 13.1 Å². The molecule has 4 nitrogen and oxygen atoms in total. The molecule has 0 aromatic rings. The van der Waals surface area contributed by atoms with E-state index in [-0.39, 0.29) is 17.4 Å². The molecule has 0 saturated carbocycles. The van der Waals surface area contributed by atoms with Crippen LogP contribution in [0.15, 0.2) is 0 Å². The molecular formula is C14H30N2O2. The number of hydrogen-bond donors (Lipinski definition) is 2. The van der Waals surface area contributed by atoms with Crippen molar-refractivity contribution in [2.45, 2.75) is 66.0 Å². The Kier molecular flexibility index (Phi) is 6.30. The van der Waals surface area contributed by atoms with Crippen molar-refractivity contribution < 1.29 is 9.90 Å². The lowest BCUT2D eigenvalue weighted by Crippen LogP contribution is -2.44. The van der Waals surface area contributed by atoms with Crippen LogP contribution in [0, 0.1) is 5.41 Å². The number of rotatable bonds is 6. The third-order valence-electron chi connectivity index (χ3n) is 2.62. The van der Waals surface area contributed by atoms with Crippen LogP contribution >= 0.6 is 0 Å².